The molecule has 1 saturated heterocycles. The summed E-state index contributed by atoms with van der Waals surface area (Å²) < 4.78 is -1.25. The quantitative estimate of drug-likeness (QED) is 0.854. The third-order valence-electron chi connectivity index (χ3n) is 4.78. The second-order valence-electron chi connectivity index (χ2n) is 6.99. The number of nitrogens with zero attached hydrogens (tertiary/aromatic N) is 1. The largest absolute Gasteiger partial charge is 0.480 e. The van der Waals surface area contributed by atoms with Crippen LogP contribution in [0.3, 0.4) is 0 Å². The number of carboxylic acid groups (broad SMARTS) is 1. The lowest BCUT2D eigenvalue weighted by molar-refractivity contribution is -0.140. The van der Waals surface area contributed by atoms with Crippen LogP contribution in [0.15, 0.2) is 59.5 Å². The SMILES string of the molecule is Cc1ccc(S[C@]2(C(=O)O)CC(=O)N(C(C)C)[C@@H]2c2ccccc2)cc1. The second kappa shape index (κ2) is 7.16. The van der Waals surface area contributed by atoms with Crippen molar-refractivity contribution in [2.75, 3.05) is 0 Å². The fraction of sp³-hybridized carbons (Fsp3) is 0.333. The van der Waals surface area contributed by atoms with E-state index in [1.54, 1.807) is 4.90 Å². The number of rotatable bonds is 5. The first-order valence-electron chi connectivity index (χ1n) is 8.70. The van der Waals surface area contributed by atoms with Crippen molar-refractivity contribution in [3.8, 4) is 0 Å². The number of aryl methyl sites for hydroxylation is 1. The molecule has 4 nitrogen and oxygen atoms in total. The highest BCUT2D eigenvalue weighted by molar-refractivity contribution is 8.01. The average Bonchev–Trinajstić information content (AvgIpc) is 2.91. The number of hydrogen-bond donors (Lipinski definition) is 1. The summed E-state index contributed by atoms with van der Waals surface area (Å²) in [5.41, 5.74) is 1.97. The molecule has 1 N–H and O–H groups in total. The van der Waals surface area contributed by atoms with Crippen LogP contribution in [0.25, 0.3) is 0 Å². The number of thioether (sulfide) groups is 1. The van der Waals surface area contributed by atoms with Gasteiger partial charge in [0.25, 0.3) is 0 Å². The fourth-order valence-electron chi connectivity index (χ4n) is 3.58. The van der Waals surface area contributed by atoms with E-state index in [0.29, 0.717) is 0 Å². The molecule has 1 fully saturated rings. The molecule has 1 aliphatic heterocycles. The smallest absolute Gasteiger partial charge is 0.323 e. The van der Waals surface area contributed by atoms with Gasteiger partial charge in [0.15, 0.2) is 4.75 Å². The Bertz CT molecular complexity index is 804. The van der Waals surface area contributed by atoms with Crippen LogP contribution in [0.2, 0.25) is 0 Å². The predicted molar refractivity (Wildman–Crippen MR) is 103 cm³/mol. The molecule has 5 heteroatoms. The summed E-state index contributed by atoms with van der Waals surface area (Å²) in [6, 6.07) is 16.7. The topological polar surface area (TPSA) is 57.6 Å². The van der Waals surface area contributed by atoms with Gasteiger partial charge in [0.1, 0.15) is 0 Å². The van der Waals surface area contributed by atoms with Crippen molar-refractivity contribution in [2.24, 2.45) is 0 Å². The van der Waals surface area contributed by atoms with Crippen LogP contribution < -0.4 is 0 Å². The molecule has 136 valence electrons. The molecule has 0 saturated carbocycles. The average molecular weight is 369 g/mol. The van der Waals surface area contributed by atoms with Crippen molar-refractivity contribution in [1.29, 1.82) is 0 Å². The lowest BCUT2D eigenvalue weighted by Crippen LogP contribution is -2.43. The summed E-state index contributed by atoms with van der Waals surface area (Å²) in [6.07, 6.45) is -0.0153. The lowest BCUT2D eigenvalue weighted by atomic mass is 9.92. The molecular weight excluding hydrogens is 346 g/mol. The molecule has 3 rings (SSSR count). The Labute approximate surface area is 158 Å². The van der Waals surface area contributed by atoms with Gasteiger partial charge in [0.05, 0.1) is 12.5 Å². The van der Waals surface area contributed by atoms with Gasteiger partial charge < -0.3 is 10.0 Å². The summed E-state index contributed by atoms with van der Waals surface area (Å²) in [4.78, 5) is 27.9. The number of aliphatic carboxylic acids is 1. The number of hydrogen-bond acceptors (Lipinski definition) is 3. The van der Waals surface area contributed by atoms with Gasteiger partial charge in [-0.25, -0.2) is 0 Å². The Morgan fingerprint density at radius 3 is 2.31 bits per heavy atom. The van der Waals surface area contributed by atoms with Crippen LogP contribution in [0, 0.1) is 6.92 Å². The van der Waals surface area contributed by atoms with Crippen LogP contribution in [0.5, 0.6) is 0 Å². The molecular formula is C21H23NO3S. The maximum Gasteiger partial charge on any atom is 0.323 e. The fourth-order valence-corrected chi connectivity index (χ4v) is 4.91. The monoisotopic (exact) mass is 369 g/mol. The van der Waals surface area contributed by atoms with Gasteiger partial charge in [-0.1, -0.05) is 48.0 Å². The lowest BCUT2D eigenvalue weighted by Gasteiger charge is -2.36. The van der Waals surface area contributed by atoms with Gasteiger partial charge in [0.2, 0.25) is 5.91 Å². The van der Waals surface area contributed by atoms with E-state index in [9.17, 15) is 14.7 Å². The zero-order chi connectivity index (χ0) is 18.9. The Hall–Kier alpha value is -2.27. The summed E-state index contributed by atoms with van der Waals surface area (Å²) in [5.74, 6) is -1.07. The van der Waals surface area contributed by atoms with E-state index in [1.807, 2.05) is 75.4 Å². The Kier molecular flexibility index (Phi) is 5.10. The zero-order valence-corrected chi connectivity index (χ0v) is 16.0. The van der Waals surface area contributed by atoms with E-state index in [0.717, 1.165) is 16.0 Å². The number of amides is 1. The van der Waals surface area contributed by atoms with E-state index in [-0.39, 0.29) is 18.4 Å². The summed E-state index contributed by atoms with van der Waals surface area (Å²) in [7, 11) is 0. The molecule has 1 heterocycles. The molecule has 0 bridgehead atoms. The Morgan fingerprint density at radius 2 is 1.77 bits per heavy atom. The summed E-state index contributed by atoms with van der Waals surface area (Å²) in [5, 5.41) is 10.2. The van der Waals surface area contributed by atoms with Crippen molar-refractivity contribution in [3.63, 3.8) is 0 Å². The van der Waals surface area contributed by atoms with Crippen molar-refractivity contribution < 1.29 is 14.7 Å². The molecule has 0 aliphatic carbocycles. The molecule has 0 spiro atoms. The first kappa shape index (κ1) is 18.5. The summed E-state index contributed by atoms with van der Waals surface area (Å²) in [6.45, 7) is 5.86. The van der Waals surface area contributed by atoms with E-state index in [1.165, 1.54) is 11.8 Å². The highest BCUT2D eigenvalue weighted by Gasteiger charge is 2.59. The number of carboxylic acids is 1. The molecule has 1 amide bonds. The molecule has 0 unspecified atom stereocenters. The molecule has 2 aromatic rings. The standard InChI is InChI=1S/C21H23NO3S/c1-14(2)22-18(23)13-21(20(24)25,19(22)16-7-5-4-6-8-16)26-17-11-9-15(3)10-12-17/h4-12,14,19H,13H2,1-3H3,(H,24,25)/t19-,21-/m1/s1. The maximum absolute atomic E-state index is 12.8. The highest BCUT2D eigenvalue weighted by atomic mass is 32.2. The minimum absolute atomic E-state index is 0.0153. The van der Waals surface area contributed by atoms with Crippen molar-refractivity contribution in [3.05, 3.63) is 65.7 Å². The first-order chi connectivity index (χ1) is 12.3. The number of likely N-dealkylation sites (tertiary alicyclic amines) is 1. The highest BCUT2D eigenvalue weighted by Crippen LogP contribution is 2.53. The number of benzene rings is 2. The molecule has 2 atom stereocenters. The van der Waals surface area contributed by atoms with Crippen molar-refractivity contribution in [2.45, 2.75) is 48.9 Å². The van der Waals surface area contributed by atoms with E-state index in [4.69, 9.17) is 0 Å². The maximum atomic E-state index is 12.8. The van der Waals surface area contributed by atoms with Crippen molar-refractivity contribution in [1.82, 2.24) is 4.90 Å². The van der Waals surface area contributed by atoms with E-state index in [2.05, 4.69) is 0 Å². The Balaban J connectivity index is 2.12. The van der Waals surface area contributed by atoms with Gasteiger partial charge >= 0.3 is 5.97 Å². The van der Waals surface area contributed by atoms with E-state index < -0.39 is 16.8 Å². The summed E-state index contributed by atoms with van der Waals surface area (Å²) >= 11 is 1.28. The minimum atomic E-state index is -1.25. The number of carbonyl (C=O) groups excluding carboxylic acids is 1. The van der Waals surface area contributed by atoms with Crippen LogP contribution in [-0.2, 0) is 9.59 Å². The molecule has 0 aromatic heterocycles. The third kappa shape index (κ3) is 3.23. The first-order valence-corrected chi connectivity index (χ1v) is 9.52. The number of carbonyl (C=O) groups is 2. The third-order valence-corrected chi connectivity index (χ3v) is 6.19. The predicted octanol–water partition coefficient (Wildman–Crippen LogP) is 4.29. The normalized spacial score (nSPS) is 22.8. The molecule has 1 aliphatic rings. The van der Waals surface area contributed by atoms with Crippen LogP contribution in [-0.4, -0.2) is 32.7 Å². The Morgan fingerprint density at radius 1 is 1.15 bits per heavy atom. The van der Waals surface area contributed by atoms with E-state index >= 15 is 0 Å². The van der Waals surface area contributed by atoms with Gasteiger partial charge in [-0.2, -0.15) is 0 Å². The van der Waals surface area contributed by atoms with Crippen LogP contribution in [0.4, 0.5) is 0 Å². The molecule has 26 heavy (non-hydrogen) atoms. The van der Waals surface area contributed by atoms with Crippen molar-refractivity contribution >= 4 is 23.6 Å². The molecule has 0 radical (unpaired) electrons. The second-order valence-corrected chi connectivity index (χ2v) is 8.40. The van der Waals surface area contributed by atoms with Gasteiger partial charge in [0, 0.05) is 10.9 Å². The zero-order valence-electron chi connectivity index (χ0n) is 15.2. The van der Waals surface area contributed by atoms with Gasteiger partial charge in [-0.3, -0.25) is 9.59 Å². The van der Waals surface area contributed by atoms with Crippen LogP contribution in [0.1, 0.15) is 37.4 Å². The molecule has 2 aromatic carbocycles. The minimum Gasteiger partial charge on any atom is -0.480 e. The van der Waals surface area contributed by atoms with Gasteiger partial charge in [-0.15, -0.1) is 11.8 Å². The van der Waals surface area contributed by atoms with Gasteiger partial charge in [-0.05, 0) is 38.5 Å². The van der Waals surface area contributed by atoms with Crippen LogP contribution >= 0.6 is 11.8 Å².